The fraction of sp³-hybridized carbons (Fsp3) is 0.632. The Hall–Kier alpha value is -1.35. The quantitative estimate of drug-likeness (QED) is 0.764. The number of carbonyl (C=O) groups excluding carboxylic acids is 1. The predicted octanol–water partition coefficient (Wildman–Crippen LogP) is 4.19. The lowest BCUT2D eigenvalue weighted by molar-refractivity contribution is -0.144. The van der Waals surface area contributed by atoms with E-state index in [1.165, 1.54) is 25.5 Å². The number of esters is 1. The highest BCUT2D eigenvalue weighted by Crippen LogP contribution is 2.37. The number of rotatable bonds is 5. The summed E-state index contributed by atoms with van der Waals surface area (Å²) in [4.78, 5) is 14.4. The van der Waals surface area contributed by atoms with E-state index in [9.17, 15) is 4.79 Å². The normalized spacial score (nSPS) is 27.4. The van der Waals surface area contributed by atoms with Gasteiger partial charge >= 0.3 is 5.97 Å². The molecule has 1 heterocycles. The summed E-state index contributed by atoms with van der Waals surface area (Å²) in [5.74, 6) is 0.423. The second-order valence-corrected chi connectivity index (χ2v) is 6.50. The van der Waals surface area contributed by atoms with Crippen molar-refractivity contribution < 1.29 is 9.53 Å². The molecule has 0 N–H and O–H groups in total. The minimum atomic E-state index is -0.0983. The van der Waals surface area contributed by atoms with E-state index < -0.39 is 0 Å². The van der Waals surface area contributed by atoms with Crippen molar-refractivity contribution in [2.24, 2.45) is 5.92 Å². The van der Waals surface area contributed by atoms with Gasteiger partial charge in [-0.3, -0.25) is 9.69 Å². The summed E-state index contributed by atoms with van der Waals surface area (Å²) < 4.78 is 4.94. The summed E-state index contributed by atoms with van der Waals surface area (Å²) >= 11 is 0. The van der Waals surface area contributed by atoms with Crippen LogP contribution in [-0.2, 0) is 9.53 Å². The largest absolute Gasteiger partial charge is 0.469 e. The molecule has 122 valence electrons. The highest BCUT2D eigenvalue weighted by molar-refractivity contribution is 5.70. The summed E-state index contributed by atoms with van der Waals surface area (Å²) in [7, 11) is 1.48. The molecule has 4 atom stereocenters. The van der Waals surface area contributed by atoms with Crippen LogP contribution in [0.5, 0.6) is 0 Å². The van der Waals surface area contributed by atoms with Gasteiger partial charge in [-0.15, -0.1) is 0 Å². The Labute approximate surface area is 134 Å². The zero-order chi connectivity index (χ0) is 16.1. The van der Waals surface area contributed by atoms with Crippen LogP contribution in [0, 0.1) is 5.92 Å². The van der Waals surface area contributed by atoms with Crippen molar-refractivity contribution in [2.75, 3.05) is 7.11 Å². The van der Waals surface area contributed by atoms with Crippen LogP contribution in [0.4, 0.5) is 0 Å². The Morgan fingerprint density at radius 2 is 2.00 bits per heavy atom. The molecular weight excluding hydrogens is 274 g/mol. The molecule has 0 amide bonds. The molecule has 0 radical (unpaired) electrons. The minimum absolute atomic E-state index is 0.0983. The van der Waals surface area contributed by atoms with Gasteiger partial charge in [-0.05, 0) is 37.7 Å². The van der Waals surface area contributed by atoms with E-state index in [2.05, 4.69) is 56.0 Å². The van der Waals surface area contributed by atoms with Gasteiger partial charge in [-0.25, -0.2) is 0 Å². The van der Waals surface area contributed by atoms with Crippen molar-refractivity contribution in [2.45, 2.75) is 64.6 Å². The van der Waals surface area contributed by atoms with Crippen LogP contribution in [0.3, 0.4) is 0 Å². The summed E-state index contributed by atoms with van der Waals surface area (Å²) in [6, 6.07) is 11.7. The van der Waals surface area contributed by atoms with Gasteiger partial charge in [-0.2, -0.15) is 0 Å². The first kappa shape index (κ1) is 17.0. The van der Waals surface area contributed by atoms with Crippen molar-refractivity contribution in [3.05, 3.63) is 35.9 Å². The lowest BCUT2D eigenvalue weighted by Crippen LogP contribution is -2.52. The molecule has 22 heavy (non-hydrogen) atoms. The zero-order valence-electron chi connectivity index (χ0n) is 14.3. The third-order valence-corrected chi connectivity index (χ3v) is 5.22. The number of ether oxygens (including phenoxy) is 1. The zero-order valence-corrected chi connectivity index (χ0v) is 14.3. The maximum atomic E-state index is 11.9. The van der Waals surface area contributed by atoms with Gasteiger partial charge in [0.05, 0.1) is 13.5 Å². The van der Waals surface area contributed by atoms with Gasteiger partial charge in [-0.1, -0.05) is 44.2 Å². The van der Waals surface area contributed by atoms with E-state index in [1.807, 2.05) is 0 Å². The Balaban J connectivity index is 2.28. The lowest BCUT2D eigenvalue weighted by atomic mass is 9.82. The number of methoxy groups -OCH3 is 1. The molecule has 3 nitrogen and oxygen atoms in total. The molecule has 0 spiro atoms. The van der Waals surface area contributed by atoms with Crippen molar-refractivity contribution in [3.63, 3.8) is 0 Å². The fourth-order valence-electron chi connectivity index (χ4n) is 3.84. The summed E-state index contributed by atoms with van der Waals surface area (Å²) in [6.07, 6.45) is 4.03. The number of benzene rings is 1. The predicted molar refractivity (Wildman–Crippen MR) is 89.6 cm³/mol. The minimum Gasteiger partial charge on any atom is -0.469 e. The van der Waals surface area contributed by atoms with Crippen LogP contribution in [0.2, 0.25) is 0 Å². The van der Waals surface area contributed by atoms with E-state index in [-0.39, 0.29) is 12.0 Å². The van der Waals surface area contributed by atoms with Crippen molar-refractivity contribution in [1.82, 2.24) is 4.90 Å². The van der Waals surface area contributed by atoms with Gasteiger partial charge in [0, 0.05) is 18.1 Å². The van der Waals surface area contributed by atoms with Crippen LogP contribution in [-0.4, -0.2) is 30.1 Å². The molecule has 0 bridgehead atoms. The molecule has 2 rings (SSSR count). The molecule has 1 fully saturated rings. The van der Waals surface area contributed by atoms with Crippen molar-refractivity contribution in [3.8, 4) is 0 Å². The molecule has 2 unspecified atom stereocenters. The van der Waals surface area contributed by atoms with E-state index in [0.29, 0.717) is 24.4 Å². The van der Waals surface area contributed by atoms with Gasteiger partial charge in [0.2, 0.25) is 0 Å². The third-order valence-electron chi connectivity index (χ3n) is 5.22. The van der Waals surface area contributed by atoms with Gasteiger partial charge < -0.3 is 4.74 Å². The second-order valence-electron chi connectivity index (χ2n) is 6.50. The Morgan fingerprint density at radius 1 is 1.32 bits per heavy atom. The number of hydrogen-bond acceptors (Lipinski definition) is 3. The van der Waals surface area contributed by atoms with E-state index in [4.69, 9.17) is 4.74 Å². The first-order chi connectivity index (χ1) is 10.6. The van der Waals surface area contributed by atoms with Crippen LogP contribution in [0.15, 0.2) is 30.3 Å². The van der Waals surface area contributed by atoms with Crippen LogP contribution >= 0.6 is 0 Å². The molecule has 1 aromatic carbocycles. The van der Waals surface area contributed by atoms with Gasteiger partial charge in [0.1, 0.15) is 0 Å². The van der Waals surface area contributed by atoms with Crippen LogP contribution in [0.25, 0.3) is 0 Å². The van der Waals surface area contributed by atoms with E-state index in [1.54, 1.807) is 0 Å². The average molecular weight is 303 g/mol. The fourth-order valence-corrected chi connectivity index (χ4v) is 3.84. The molecular formula is C19H29NO2. The molecule has 1 saturated heterocycles. The molecule has 1 aliphatic heterocycles. The monoisotopic (exact) mass is 303 g/mol. The Bertz CT molecular complexity index is 474. The van der Waals surface area contributed by atoms with Gasteiger partial charge in [0.25, 0.3) is 0 Å². The van der Waals surface area contributed by atoms with Crippen molar-refractivity contribution in [1.29, 1.82) is 0 Å². The Kier molecular flexibility index (Phi) is 6.01. The molecule has 1 aromatic rings. The highest BCUT2D eigenvalue weighted by atomic mass is 16.5. The first-order valence-corrected chi connectivity index (χ1v) is 8.47. The SMILES string of the molecule is CCC1CCC(C)[C@H](CC(=O)OC)N1[C@@H](C)c1ccccc1. The number of hydrogen-bond donors (Lipinski definition) is 0. The van der Waals surface area contributed by atoms with Crippen LogP contribution in [0.1, 0.15) is 58.1 Å². The van der Waals surface area contributed by atoms with Crippen molar-refractivity contribution >= 4 is 5.97 Å². The summed E-state index contributed by atoms with van der Waals surface area (Å²) in [6.45, 7) is 6.78. The van der Waals surface area contributed by atoms with Gasteiger partial charge in [0.15, 0.2) is 0 Å². The topological polar surface area (TPSA) is 29.5 Å². The smallest absolute Gasteiger partial charge is 0.307 e. The number of likely N-dealkylation sites (tertiary alicyclic amines) is 1. The number of carbonyl (C=O) groups is 1. The second kappa shape index (κ2) is 7.77. The standard InChI is InChI=1S/C19H29NO2/c1-5-17-12-11-14(2)18(13-19(21)22-4)20(17)15(3)16-9-7-6-8-10-16/h6-10,14-15,17-18H,5,11-13H2,1-4H3/t14?,15-,17?,18-/m0/s1. The molecule has 0 aromatic heterocycles. The van der Waals surface area contributed by atoms with E-state index >= 15 is 0 Å². The number of nitrogens with zero attached hydrogens (tertiary/aromatic N) is 1. The summed E-state index contributed by atoms with van der Waals surface area (Å²) in [5.41, 5.74) is 1.32. The molecule has 3 heteroatoms. The van der Waals surface area contributed by atoms with E-state index in [0.717, 1.165) is 6.42 Å². The maximum Gasteiger partial charge on any atom is 0.307 e. The molecule has 0 aliphatic carbocycles. The van der Waals surface area contributed by atoms with Crippen LogP contribution < -0.4 is 0 Å². The first-order valence-electron chi connectivity index (χ1n) is 8.47. The third kappa shape index (κ3) is 3.70. The highest BCUT2D eigenvalue weighted by Gasteiger charge is 2.38. The maximum absolute atomic E-state index is 11.9. The Morgan fingerprint density at radius 3 is 2.59 bits per heavy atom. The number of piperidine rings is 1. The molecule has 1 aliphatic rings. The lowest BCUT2D eigenvalue weighted by Gasteiger charge is -2.48. The average Bonchev–Trinajstić information content (AvgIpc) is 2.56. The molecule has 0 saturated carbocycles. The summed E-state index contributed by atoms with van der Waals surface area (Å²) in [5, 5.41) is 0.